The van der Waals surface area contributed by atoms with Gasteiger partial charge in [0.15, 0.2) is 0 Å². The summed E-state index contributed by atoms with van der Waals surface area (Å²) >= 11 is 2.94. The van der Waals surface area contributed by atoms with Crippen LogP contribution in [0.4, 0.5) is 11.4 Å². The van der Waals surface area contributed by atoms with Crippen molar-refractivity contribution in [1.82, 2.24) is 9.97 Å². The summed E-state index contributed by atoms with van der Waals surface area (Å²) < 4.78 is 9.48. The number of hydrogen-bond donors (Lipinski definition) is 2. The summed E-state index contributed by atoms with van der Waals surface area (Å²) in [6.45, 7) is 4.57. The Balaban J connectivity index is 0.000000167. The molecule has 0 amide bonds. The number of rotatable bonds is 6. The van der Waals surface area contributed by atoms with E-state index in [9.17, 15) is 9.59 Å². The highest BCUT2D eigenvalue weighted by Gasteiger charge is 2.10. The van der Waals surface area contributed by atoms with Gasteiger partial charge in [-0.2, -0.15) is 0 Å². The monoisotopic (exact) mass is 640 g/mol. The fourth-order valence-corrected chi connectivity index (χ4v) is 4.64. The number of halogens is 1. The molecule has 0 bridgehead atoms. The molecule has 0 aliphatic heterocycles. The van der Waals surface area contributed by atoms with E-state index in [1.54, 1.807) is 13.8 Å². The van der Waals surface area contributed by atoms with Crippen LogP contribution < -0.4 is 11.1 Å². The van der Waals surface area contributed by atoms with Gasteiger partial charge in [-0.25, -0.2) is 9.97 Å². The highest BCUT2D eigenvalue weighted by molar-refractivity contribution is 9.09. The van der Waals surface area contributed by atoms with E-state index in [1.165, 1.54) is 0 Å². The minimum Gasteiger partial charge on any atom is -0.465 e. The summed E-state index contributed by atoms with van der Waals surface area (Å²) in [7, 11) is 0. The zero-order chi connectivity index (χ0) is 30.6. The van der Waals surface area contributed by atoms with Gasteiger partial charge in [0.2, 0.25) is 0 Å². The number of alkyl halides is 1. The third kappa shape index (κ3) is 7.96. The van der Waals surface area contributed by atoms with Crippen LogP contribution in [0, 0.1) is 0 Å². The number of pyridine rings is 2. The van der Waals surface area contributed by atoms with Crippen molar-refractivity contribution in [3.05, 3.63) is 97.1 Å². The summed E-state index contributed by atoms with van der Waals surface area (Å²) in [4.78, 5) is 30.9. The zero-order valence-electron chi connectivity index (χ0n) is 24.0. The number of ether oxygens (including phenoxy) is 2. The summed E-state index contributed by atoms with van der Waals surface area (Å²) in [5.74, 6) is -0.468. The molecule has 0 saturated carbocycles. The highest BCUT2D eigenvalue weighted by Crippen LogP contribution is 2.30. The van der Waals surface area contributed by atoms with Crippen molar-refractivity contribution < 1.29 is 19.1 Å². The fourth-order valence-electron chi connectivity index (χ4n) is 4.48. The Morgan fingerprint density at radius 3 is 1.42 bits per heavy atom. The van der Waals surface area contributed by atoms with Gasteiger partial charge < -0.3 is 20.5 Å². The van der Waals surface area contributed by atoms with Crippen LogP contribution in [0.5, 0.6) is 0 Å². The van der Waals surface area contributed by atoms with Gasteiger partial charge in [-0.15, -0.1) is 0 Å². The number of carbonyl (C=O) groups is 2. The maximum Gasteiger partial charge on any atom is 0.325 e. The number of aromatic nitrogens is 2. The lowest BCUT2D eigenvalue weighted by Gasteiger charge is -2.12. The molecule has 2 aromatic heterocycles. The van der Waals surface area contributed by atoms with Crippen molar-refractivity contribution in [3.8, 4) is 0 Å². The van der Waals surface area contributed by atoms with E-state index in [-0.39, 0.29) is 18.5 Å². The molecule has 0 spiro atoms. The number of fused-ring (bicyclic) bond motifs is 4. The van der Waals surface area contributed by atoms with Gasteiger partial charge in [0.1, 0.15) is 11.9 Å². The number of carbonyl (C=O) groups excluding carboxylic acids is 2. The molecule has 4 aromatic carbocycles. The molecule has 0 fully saturated rings. The Labute approximate surface area is 258 Å². The average Bonchev–Trinajstić information content (AvgIpc) is 3.04. The molecule has 8 nitrogen and oxygen atoms in total. The molecule has 0 radical (unpaired) electrons. The average molecular weight is 642 g/mol. The number of nitrogens with two attached hydrogens (primary N) is 1. The van der Waals surface area contributed by atoms with E-state index in [0.717, 1.165) is 55.0 Å². The summed E-state index contributed by atoms with van der Waals surface area (Å²) in [6.07, 6.45) is 0. The summed E-state index contributed by atoms with van der Waals surface area (Å²) in [6, 6.07) is 31.7. The van der Waals surface area contributed by atoms with Crippen LogP contribution in [0.15, 0.2) is 97.1 Å². The number of benzene rings is 4. The van der Waals surface area contributed by atoms with Gasteiger partial charge in [-0.05, 0) is 38.1 Å². The first-order valence-corrected chi connectivity index (χ1v) is 15.0. The smallest absolute Gasteiger partial charge is 0.325 e. The third-order valence-corrected chi connectivity index (χ3v) is 6.80. The van der Waals surface area contributed by atoms with Crippen molar-refractivity contribution in [3.63, 3.8) is 0 Å². The van der Waals surface area contributed by atoms with Crippen molar-refractivity contribution in [2.24, 2.45) is 0 Å². The minimum absolute atomic E-state index is 0.145. The topological polar surface area (TPSA) is 116 Å². The first kappa shape index (κ1) is 31.2. The molecule has 0 unspecified atom stereocenters. The summed E-state index contributed by atoms with van der Waals surface area (Å²) in [5.41, 5.74) is 11.6. The maximum atomic E-state index is 11.6. The zero-order valence-corrected chi connectivity index (χ0v) is 25.6. The molecule has 6 rings (SSSR count). The quantitative estimate of drug-likeness (QED) is 0.111. The number of nitrogen functional groups attached to an aromatic ring is 1. The SMILES string of the molecule is CCOC(=O)CBr.CCOC(=O)CNc1c2ccccc2nc2ccccc12.Nc1c2ccccc2nc2ccccc12. The van der Waals surface area contributed by atoms with Gasteiger partial charge in [0, 0.05) is 21.5 Å². The normalized spacial score (nSPS) is 10.4. The molecule has 220 valence electrons. The van der Waals surface area contributed by atoms with Crippen LogP contribution in [-0.2, 0) is 19.1 Å². The van der Waals surface area contributed by atoms with Gasteiger partial charge in [0.05, 0.1) is 46.7 Å². The first-order valence-electron chi connectivity index (χ1n) is 13.9. The number of hydrogen-bond acceptors (Lipinski definition) is 8. The molecular weight excluding hydrogens is 608 g/mol. The third-order valence-electron chi connectivity index (χ3n) is 6.35. The predicted molar refractivity (Wildman–Crippen MR) is 178 cm³/mol. The van der Waals surface area contributed by atoms with E-state index in [2.05, 4.69) is 36.0 Å². The van der Waals surface area contributed by atoms with Gasteiger partial charge in [-0.3, -0.25) is 9.59 Å². The molecule has 0 aliphatic rings. The highest BCUT2D eigenvalue weighted by atomic mass is 79.9. The maximum absolute atomic E-state index is 11.6. The first-order chi connectivity index (χ1) is 21.0. The predicted octanol–water partition coefficient (Wildman–Crippen LogP) is 7.28. The van der Waals surface area contributed by atoms with Gasteiger partial charge in [-0.1, -0.05) is 88.7 Å². The molecule has 0 aliphatic carbocycles. The molecule has 0 saturated heterocycles. The molecule has 6 aromatic rings. The Hall–Kier alpha value is -4.76. The van der Waals surface area contributed by atoms with Gasteiger partial charge >= 0.3 is 11.9 Å². The lowest BCUT2D eigenvalue weighted by Crippen LogP contribution is -2.17. The number of nitrogens with zero attached hydrogens (tertiary/aromatic N) is 2. The molecule has 3 N–H and O–H groups in total. The number of anilines is 2. The lowest BCUT2D eigenvalue weighted by molar-refractivity contribution is -0.141. The molecule has 43 heavy (non-hydrogen) atoms. The van der Waals surface area contributed by atoms with Crippen LogP contribution in [0.25, 0.3) is 43.6 Å². The number of para-hydroxylation sites is 4. The minimum atomic E-state index is -0.262. The standard InChI is InChI=1S/C17H16N2O2.C13H10N2.C4H7BrO2/c1-2-21-16(20)11-18-17-12-7-3-5-9-14(12)19-15-10-6-4-8-13(15)17;14-13-9-5-1-3-7-11(9)15-12-8-4-2-6-10(12)13;1-2-7-4(6)3-5/h3-10H,2,11H2,1H3,(H,18,19);1-8H,(H2,14,15);2-3H2,1H3. The van der Waals surface area contributed by atoms with Crippen molar-refractivity contribution in [1.29, 1.82) is 0 Å². The second kappa shape index (κ2) is 15.5. The lowest BCUT2D eigenvalue weighted by atomic mass is 10.1. The second-order valence-corrected chi connectivity index (χ2v) is 9.74. The van der Waals surface area contributed by atoms with Crippen LogP contribution in [0.1, 0.15) is 13.8 Å². The Morgan fingerprint density at radius 2 is 1.02 bits per heavy atom. The van der Waals surface area contributed by atoms with E-state index in [4.69, 9.17) is 10.5 Å². The number of esters is 2. The second-order valence-electron chi connectivity index (χ2n) is 9.18. The molecule has 9 heteroatoms. The van der Waals surface area contributed by atoms with Crippen LogP contribution in [0.2, 0.25) is 0 Å². The van der Waals surface area contributed by atoms with Crippen molar-refractivity contribution in [2.45, 2.75) is 13.8 Å². The van der Waals surface area contributed by atoms with E-state index in [1.807, 2.05) is 97.1 Å². The van der Waals surface area contributed by atoms with E-state index in [0.29, 0.717) is 18.5 Å². The molecular formula is C34H33BrN4O4. The summed E-state index contributed by atoms with van der Waals surface area (Å²) in [5, 5.41) is 7.54. The van der Waals surface area contributed by atoms with Crippen LogP contribution >= 0.6 is 15.9 Å². The Bertz CT molecular complexity index is 1750. The van der Waals surface area contributed by atoms with E-state index < -0.39 is 0 Å². The molecule has 0 atom stereocenters. The van der Waals surface area contributed by atoms with Gasteiger partial charge in [0.25, 0.3) is 0 Å². The number of nitrogens with one attached hydrogen (secondary N) is 1. The van der Waals surface area contributed by atoms with Crippen molar-refractivity contribution >= 4 is 82.9 Å². The van der Waals surface area contributed by atoms with E-state index >= 15 is 0 Å². The Kier molecular flexibility index (Phi) is 11.2. The van der Waals surface area contributed by atoms with Crippen LogP contribution in [0.3, 0.4) is 0 Å². The van der Waals surface area contributed by atoms with Crippen molar-refractivity contribution in [2.75, 3.05) is 36.1 Å². The largest absolute Gasteiger partial charge is 0.465 e. The fraction of sp³-hybridized carbons (Fsp3) is 0.176. The Morgan fingerprint density at radius 1 is 0.651 bits per heavy atom. The van der Waals surface area contributed by atoms with Crippen LogP contribution in [-0.4, -0.2) is 47.0 Å². The molecule has 2 heterocycles.